The van der Waals surface area contributed by atoms with Gasteiger partial charge in [0.1, 0.15) is 27.3 Å². The highest BCUT2D eigenvalue weighted by molar-refractivity contribution is 7.19. The van der Waals surface area contributed by atoms with Crippen molar-refractivity contribution in [3.63, 3.8) is 0 Å². The number of nitrogens with two attached hydrogens (primary N) is 1. The van der Waals surface area contributed by atoms with Gasteiger partial charge in [0.05, 0.1) is 37.6 Å². The first-order valence-corrected chi connectivity index (χ1v) is 12.3. The number of thiazole rings is 1. The number of benzene rings is 1. The smallest absolute Gasteiger partial charge is 0.277 e. The van der Waals surface area contributed by atoms with Crippen LogP contribution >= 0.6 is 11.3 Å². The van der Waals surface area contributed by atoms with Crippen molar-refractivity contribution < 1.29 is 23.4 Å². The molecule has 1 atom stereocenters. The van der Waals surface area contributed by atoms with Crippen molar-refractivity contribution in [1.82, 2.24) is 14.8 Å². The van der Waals surface area contributed by atoms with Crippen molar-refractivity contribution in [2.45, 2.75) is 31.9 Å². The number of nitrogen functional groups attached to an aromatic ring is 1. The topological polar surface area (TPSA) is 119 Å². The fourth-order valence-electron chi connectivity index (χ4n) is 4.34. The van der Waals surface area contributed by atoms with Gasteiger partial charge in [-0.25, -0.2) is 18.4 Å². The second-order valence-corrected chi connectivity index (χ2v) is 9.85. The van der Waals surface area contributed by atoms with E-state index >= 15 is 0 Å². The fourth-order valence-corrected chi connectivity index (χ4v) is 5.22. The third kappa shape index (κ3) is 4.86. The molecule has 2 aliphatic heterocycles. The molecule has 4 N–H and O–H groups in total. The Hall–Kier alpha value is -3.09. The Balaban J connectivity index is 1.43. The Bertz CT molecular complexity index is 1210. The molecule has 1 amide bonds. The normalized spacial score (nSPS) is 18.8. The van der Waals surface area contributed by atoms with Crippen LogP contribution in [0.4, 0.5) is 25.3 Å². The highest BCUT2D eigenvalue weighted by atomic mass is 32.1. The second kappa shape index (κ2) is 9.88. The second-order valence-electron chi connectivity index (χ2n) is 8.82. The molecule has 1 aromatic carbocycles. The molecule has 3 aromatic rings. The number of hydrogen-bond donors (Lipinski definition) is 3. The third-order valence-electron chi connectivity index (χ3n) is 6.24. The van der Waals surface area contributed by atoms with E-state index in [-0.39, 0.29) is 27.4 Å². The van der Waals surface area contributed by atoms with Crippen LogP contribution in [-0.2, 0) is 11.3 Å². The number of amides is 1. The molecule has 5 rings (SSSR count). The van der Waals surface area contributed by atoms with Gasteiger partial charge in [-0.05, 0) is 31.4 Å². The lowest BCUT2D eigenvalue weighted by molar-refractivity contribution is -0.0406. The van der Waals surface area contributed by atoms with Gasteiger partial charge in [0, 0.05) is 19.0 Å². The minimum absolute atomic E-state index is 0.00865. The zero-order chi connectivity index (χ0) is 24.5. The molecule has 12 heteroatoms. The van der Waals surface area contributed by atoms with Crippen LogP contribution in [0.15, 0.2) is 24.4 Å². The maximum atomic E-state index is 14.2. The first-order chi connectivity index (χ1) is 16.9. The third-order valence-corrected chi connectivity index (χ3v) is 7.14. The zero-order valence-corrected chi connectivity index (χ0v) is 19.7. The zero-order valence-electron chi connectivity index (χ0n) is 18.9. The molecule has 0 bridgehead atoms. The Labute approximate surface area is 204 Å². The summed E-state index contributed by atoms with van der Waals surface area (Å²) in [6.45, 7) is 3.28. The highest BCUT2D eigenvalue weighted by Crippen LogP contribution is 2.35. The molecular weight excluding hydrogens is 478 g/mol. The van der Waals surface area contributed by atoms with E-state index in [2.05, 4.69) is 20.3 Å². The van der Waals surface area contributed by atoms with Crippen LogP contribution in [0.2, 0.25) is 0 Å². The van der Waals surface area contributed by atoms with Crippen LogP contribution in [0.3, 0.4) is 0 Å². The molecule has 186 valence electrons. The van der Waals surface area contributed by atoms with E-state index in [9.17, 15) is 18.7 Å². The molecule has 2 aromatic heterocycles. The summed E-state index contributed by atoms with van der Waals surface area (Å²) in [5.41, 5.74) is 6.08. The van der Waals surface area contributed by atoms with Gasteiger partial charge in [-0.2, -0.15) is 5.10 Å². The number of rotatable bonds is 6. The maximum absolute atomic E-state index is 14.2. The van der Waals surface area contributed by atoms with Gasteiger partial charge in [-0.15, -0.1) is 0 Å². The van der Waals surface area contributed by atoms with E-state index in [1.54, 1.807) is 6.20 Å². The van der Waals surface area contributed by atoms with E-state index in [0.717, 1.165) is 35.7 Å². The number of carbonyl (C=O) groups excluding carboxylic acids is 1. The Morgan fingerprint density at radius 3 is 2.74 bits per heavy atom. The standard InChI is InChI=1S/C23H26F2N6O3S/c24-15-4-1-5-16(25)18(15)22-29-19(20(26)35-22)21(33)28-17-9-27-31(10-13-11-34-12-13)23(17)30-7-2-3-14(32)6-8-30/h1,4-5,9,13-14,32H,2-3,6-8,10-12,26H2,(H,28,33). The molecule has 2 aliphatic rings. The Morgan fingerprint density at radius 2 is 2.03 bits per heavy atom. The predicted octanol–water partition coefficient (Wildman–Crippen LogP) is 3.12. The number of aliphatic hydroxyl groups is 1. The van der Waals surface area contributed by atoms with Crippen molar-refractivity contribution in [1.29, 1.82) is 0 Å². The quantitative estimate of drug-likeness (QED) is 0.472. The van der Waals surface area contributed by atoms with Gasteiger partial charge in [0.2, 0.25) is 0 Å². The lowest BCUT2D eigenvalue weighted by Gasteiger charge is -2.29. The summed E-state index contributed by atoms with van der Waals surface area (Å²) in [6.07, 6.45) is 3.35. The average Bonchev–Trinajstić information content (AvgIpc) is 3.28. The van der Waals surface area contributed by atoms with Gasteiger partial charge in [-0.1, -0.05) is 17.4 Å². The number of hydrogen-bond acceptors (Lipinski definition) is 8. The lowest BCUT2D eigenvalue weighted by atomic mass is 10.1. The van der Waals surface area contributed by atoms with Crippen LogP contribution in [0.25, 0.3) is 10.6 Å². The van der Waals surface area contributed by atoms with Crippen molar-refractivity contribution in [3.8, 4) is 10.6 Å². The molecular formula is C23H26F2N6O3S. The molecule has 35 heavy (non-hydrogen) atoms. The summed E-state index contributed by atoms with van der Waals surface area (Å²) in [5.74, 6) is -1.07. The van der Waals surface area contributed by atoms with Crippen molar-refractivity contribution in [2.75, 3.05) is 42.3 Å². The fraction of sp³-hybridized carbons (Fsp3) is 0.435. The van der Waals surface area contributed by atoms with Crippen LogP contribution in [0, 0.1) is 17.6 Å². The SMILES string of the molecule is Nc1sc(-c2c(F)cccc2F)nc1C(=O)Nc1cnn(CC2COC2)c1N1CCCC(O)CC1. The Morgan fingerprint density at radius 1 is 1.26 bits per heavy atom. The average molecular weight is 505 g/mol. The first-order valence-electron chi connectivity index (χ1n) is 11.5. The molecule has 0 spiro atoms. The Kier molecular flexibility index (Phi) is 6.67. The summed E-state index contributed by atoms with van der Waals surface area (Å²) >= 11 is 0.847. The molecule has 2 fully saturated rings. The van der Waals surface area contributed by atoms with Crippen molar-refractivity contribution in [2.24, 2.45) is 5.92 Å². The first kappa shape index (κ1) is 23.6. The number of aliphatic hydroxyl groups excluding tert-OH is 1. The monoisotopic (exact) mass is 504 g/mol. The van der Waals surface area contributed by atoms with Gasteiger partial charge in [0.15, 0.2) is 11.5 Å². The molecule has 0 radical (unpaired) electrons. The minimum atomic E-state index is -0.780. The number of carbonyl (C=O) groups is 1. The lowest BCUT2D eigenvalue weighted by Crippen LogP contribution is -2.34. The van der Waals surface area contributed by atoms with Crippen molar-refractivity contribution >= 4 is 33.8 Å². The van der Waals surface area contributed by atoms with E-state index in [1.807, 2.05) is 4.68 Å². The van der Waals surface area contributed by atoms with Gasteiger partial charge in [0.25, 0.3) is 5.91 Å². The highest BCUT2D eigenvalue weighted by Gasteiger charge is 2.28. The summed E-state index contributed by atoms with van der Waals surface area (Å²) < 4.78 is 35.6. The maximum Gasteiger partial charge on any atom is 0.277 e. The van der Waals surface area contributed by atoms with Crippen LogP contribution in [0.5, 0.6) is 0 Å². The van der Waals surface area contributed by atoms with Crippen LogP contribution in [0.1, 0.15) is 29.8 Å². The predicted molar refractivity (Wildman–Crippen MR) is 128 cm³/mol. The van der Waals surface area contributed by atoms with E-state index in [0.29, 0.717) is 57.3 Å². The van der Waals surface area contributed by atoms with Gasteiger partial charge < -0.3 is 25.8 Å². The summed E-state index contributed by atoms with van der Waals surface area (Å²) in [7, 11) is 0. The summed E-state index contributed by atoms with van der Waals surface area (Å²) in [6, 6.07) is 3.51. The number of ether oxygens (including phenoxy) is 1. The number of aromatic nitrogens is 3. The number of anilines is 3. The summed E-state index contributed by atoms with van der Waals surface area (Å²) in [5, 5.41) is 17.5. The molecule has 0 saturated carbocycles. The molecule has 4 heterocycles. The van der Waals surface area contributed by atoms with Crippen LogP contribution in [-0.4, -0.2) is 58.2 Å². The van der Waals surface area contributed by atoms with E-state index < -0.39 is 17.5 Å². The van der Waals surface area contributed by atoms with Gasteiger partial charge >= 0.3 is 0 Å². The molecule has 1 unspecified atom stereocenters. The minimum Gasteiger partial charge on any atom is -0.393 e. The number of halogens is 2. The van der Waals surface area contributed by atoms with Gasteiger partial charge in [-0.3, -0.25) is 4.79 Å². The van der Waals surface area contributed by atoms with E-state index in [4.69, 9.17) is 10.5 Å². The van der Waals surface area contributed by atoms with Crippen molar-refractivity contribution in [3.05, 3.63) is 41.7 Å². The van der Waals surface area contributed by atoms with E-state index in [1.165, 1.54) is 6.07 Å². The molecule has 2 saturated heterocycles. The molecule has 9 nitrogen and oxygen atoms in total. The van der Waals surface area contributed by atoms with Crippen LogP contribution < -0.4 is 16.0 Å². The summed E-state index contributed by atoms with van der Waals surface area (Å²) in [4.78, 5) is 19.4. The number of nitrogens with one attached hydrogen (secondary N) is 1. The molecule has 0 aliphatic carbocycles. The number of nitrogens with zero attached hydrogens (tertiary/aromatic N) is 4. The largest absolute Gasteiger partial charge is 0.393 e.